The average molecular weight is 292 g/mol. The van der Waals surface area contributed by atoms with Crippen LogP contribution in [-0.4, -0.2) is 21.7 Å². The van der Waals surface area contributed by atoms with Gasteiger partial charge in [-0.2, -0.15) is 5.10 Å². The molecule has 0 aliphatic heterocycles. The lowest BCUT2D eigenvalue weighted by Gasteiger charge is -2.08. The van der Waals surface area contributed by atoms with Gasteiger partial charge in [-0.3, -0.25) is 4.68 Å². The molecule has 1 rings (SSSR count). The number of halogens is 2. The minimum Gasteiger partial charge on any atom is -0.311 e. The summed E-state index contributed by atoms with van der Waals surface area (Å²) in [5, 5.41) is 8.97. The van der Waals surface area contributed by atoms with E-state index in [1.807, 2.05) is 11.6 Å². The normalized spacial score (nSPS) is 12.9. The van der Waals surface area contributed by atoms with Crippen molar-refractivity contribution in [1.82, 2.24) is 15.1 Å². The van der Waals surface area contributed by atoms with Gasteiger partial charge in [-0.25, -0.2) is 0 Å². The second kappa shape index (κ2) is 8.03. The van der Waals surface area contributed by atoms with Crippen molar-refractivity contribution in [3.05, 3.63) is 16.4 Å². The number of rotatable bonds is 8. The van der Waals surface area contributed by atoms with E-state index in [9.17, 15) is 0 Å². The molecule has 1 heterocycles. The van der Waals surface area contributed by atoms with E-state index in [2.05, 4.69) is 24.3 Å². The van der Waals surface area contributed by atoms with Crippen LogP contribution in [0, 0.1) is 0 Å². The fraction of sp³-hybridized carbons (Fsp3) is 0.769. The van der Waals surface area contributed by atoms with Crippen LogP contribution < -0.4 is 5.32 Å². The Bertz CT molecular complexity index is 361. The Balaban J connectivity index is 2.48. The Hall–Kier alpha value is -0.250. The van der Waals surface area contributed by atoms with Crippen molar-refractivity contribution in [1.29, 1.82) is 0 Å². The van der Waals surface area contributed by atoms with Crippen LogP contribution in [0.3, 0.4) is 0 Å². The first-order chi connectivity index (χ1) is 8.60. The summed E-state index contributed by atoms with van der Waals surface area (Å²) in [4.78, 5) is 0. The van der Waals surface area contributed by atoms with Crippen LogP contribution in [0.15, 0.2) is 0 Å². The summed E-state index contributed by atoms with van der Waals surface area (Å²) in [5.41, 5.74) is 2.08. The molecule has 0 saturated carbocycles. The number of aryl methyl sites for hydroxylation is 2. The SMILES string of the molecule is CCc1nn(CC)c(CNCCCC(C)Cl)c1Cl. The zero-order valence-electron chi connectivity index (χ0n) is 11.5. The molecular weight excluding hydrogens is 269 g/mol. The van der Waals surface area contributed by atoms with E-state index in [1.165, 1.54) is 0 Å². The quantitative estimate of drug-likeness (QED) is 0.586. The zero-order chi connectivity index (χ0) is 13.5. The highest BCUT2D eigenvalue weighted by Gasteiger charge is 2.13. The number of alkyl halides is 1. The summed E-state index contributed by atoms with van der Waals surface area (Å²) >= 11 is 12.2. The van der Waals surface area contributed by atoms with Crippen LogP contribution >= 0.6 is 23.2 Å². The third kappa shape index (κ3) is 4.45. The first kappa shape index (κ1) is 15.8. The highest BCUT2D eigenvalue weighted by Crippen LogP contribution is 2.21. The van der Waals surface area contributed by atoms with Crippen LogP contribution in [0.5, 0.6) is 0 Å². The molecule has 1 aromatic rings. The van der Waals surface area contributed by atoms with E-state index in [4.69, 9.17) is 23.2 Å². The van der Waals surface area contributed by atoms with Gasteiger partial charge in [0.25, 0.3) is 0 Å². The highest BCUT2D eigenvalue weighted by atomic mass is 35.5. The molecule has 18 heavy (non-hydrogen) atoms. The Morgan fingerprint density at radius 1 is 1.39 bits per heavy atom. The van der Waals surface area contributed by atoms with Gasteiger partial charge in [-0.05, 0) is 39.7 Å². The average Bonchev–Trinajstić information content (AvgIpc) is 2.65. The molecule has 0 fully saturated rings. The van der Waals surface area contributed by atoms with Crippen LogP contribution in [0.4, 0.5) is 0 Å². The summed E-state index contributed by atoms with van der Waals surface area (Å²) in [6.45, 7) is 8.78. The third-order valence-electron chi connectivity index (χ3n) is 2.94. The molecule has 0 amide bonds. The maximum absolute atomic E-state index is 6.33. The maximum Gasteiger partial charge on any atom is 0.0863 e. The predicted octanol–water partition coefficient (Wildman–Crippen LogP) is 3.62. The van der Waals surface area contributed by atoms with Crippen molar-refractivity contribution in [3.63, 3.8) is 0 Å². The number of hydrogen-bond acceptors (Lipinski definition) is 2. The summed E-state index contributed by atoms with van der Waals surface area (Å²) in [6.07, 6.45) is 3.00. The van der Waals surface area contributed by atoms with Crippen LogP contribution in [-0.2, 0) is 19.5 Å². The second-order valence-corrected chi connectivity index (χ2v) is 5.60. The van der Waals surface area contributed by atoms with E-state index in [0.717, 1.165) is 55.3 Å². The van der Waals surface area contributed by atoms with Gasteiger partial charge in [-0.1, -0.05) is 18.5 Å². The Morgan fingerprint density at radius 2 is 2.11 bits per heavy atom. The molecule has 0 aromatic carbocycles. The molecule has 0 aliphatic rings. The summed E-state index contributed by atoms with van der Waals surface area (Å²) < 4.78 is 1.98. The molecule has 1 aromatic heterocycles. The lowest BCUT2D eigenvalue weighted by atomic mass is 10.2. The fourth-order valence-electron chi connectivity index (χ4n) is 1.90. The number of nitrogens with zero attached hydrogens (tertiary/aromatic N) is 2. The largest absolute Gasteiger partial charge is 0.311 e. The number of aromatic nitrogens is 2. The molecule has 0 saturated heterocycles. The summed E-state index contributed by atoms with van der Waals surface area (Å²) in [5.74, 6) is 0. The predicted molar refractivity (Wildman–Crippen MR) is 78.5 cm³/mol. The topological polar surface area (TPSA) is 29.9 Å². The van der Waals surface area contributed by atoms with Crippen LogP contribution in [0.2, 0.25) is 5.02 Å². The Morgan fingerprint density at radius 3 is 2.67 bits per heavy atom. The van der Waals surface area contributed by atoms with Gasteiger partial charge in [0, 0.05) is 18.5 Å². The first-order valence-corrected chi connectivity index (χ1v) is 7.50. The van der Waals surface area contributed by atoms with Gasteiger partial charge < -0.3 is 5.32 Å². The van der Waals surface area contributed by atoms with Crippen LogP contribution in [0.1, 0.15) is 45.0 Å². The first-order valence-electron chi connectivity index (χ1n) is 6.68. The summed E-state index contributed by atoms with van der Waals surface area (Å²) in [7, 11) is 0. The van der Waals surface area contributed by atoms with Crippen molar-refractivity contribution in [3.8, 4) is 0 Å². The van der Waals surface area contributed by atoms with E-state index >= 15 is 0 Å². The molecule has 1 unspecified atom stereocenters. The van der Waals surface area contributed by atoms with Crippen molar-refractivity contribution in [2.75, 3.05) is 6.54 Å². The minimum absolute atomic E-state index is 0.253. The van der Waals surface area contributed by atoms with Crippen molar-refractivity contribution < 1.29 is 0 Å². The van der Waals surface area contributed by atoms with E-state index in [0.29, 0.717) is 0 Å². The Labute approximate surface area is 120 Å². The van der Waals surface area contributed by atoms with Crippen LogP contribution in [0.25, 0.3) is 0 Å². The zero-order valence-corrected chi connectivity index (χ0v) is 13.0. The molecule has 1 atom stereocenters. The van der Waals surface area contributed by atoms with Gasteiger partial charge in [0.15, 0.2) is 0 Å². The van der Waals surface area contributed by atoms with Gasteiger partial charge in [0.2, 0.25) is 0 Å². The molecule has 0 spiro atoms. The molecule has 5 heteroatoms. The smallest absolute Gasteiger partial charge is 0.0863 e. The number of hydrogen-bond donors (Lipinski definition) is 1. The minimum atomic E-state index is 0.253. The fourth-order valence-corrected chi connectivity index (χ4v) is 2.39. The van der Waals surface area contributed by atoms with Gasteiger partial charge in [0.1, 0.15) is 0 Å². The molecule has 0 radical (unpaired) electrons. The molecule has 0 bridgehead atoms. The van der Waals surface area contributed by atoms with Crippen molar-refractivity contribution in [2.24, 2.45) is 0 Å². The molecule has 104 valence electrons. The van der Waals surface area contributed by atoms with Gasteiger partial charge in [0.05, 0.1) is 16.4 Å². The Kier molecular flexibility index (Phi) is 7.05. The van der Waals surface area contributed by atoms with Gasteiger partial charge >= 0.3 is 0 Å². The summed E-state index contributed by atoms with van der Waals surface area (Å²) in [6, 6.07) is 0. The van der Waals surface area contributed by atoms with E-state index < -0.39 is 0 Å². The molecule has 3 nitrogen and oxygen atoms in total. The third-order valence-corrected chi connectivity index (χ3v) is 3.60. The molecule has 1 N–H and O–H groups in total. The van der Waals surface area contributed by atoms with E-state index in [1.54, 1.807) is 0 Å². The highest BCUT2D eigenvalue weighted by molar-refractivity contribution is 6.31. The number of nitrogens with one attached hydrogen (secondary N) is 1. The van der Waals surface area contributed by atoms with Crippen molar-refractivity contribution in [2.45, 2.75) is 58.5 Å². The maximum atomic E-state index is 6.33. The monoisotopic (exact) mass is 291 g/mol. The van der Waals surface area contributed by atoms with Crippen molar-refractivity contribution >= 4 is 23.2 Å². The molecule has 0 aliphatic carbocycles. The second-order valence-electron chi connectivity index (χ2n) is 4.48. The lowest BCUT2D eigenvalue weighted by Crippen LogP contribution is -2.18. The standard InChI is InChI=1S/C13H23Cl2N3/c1-4-11-13(15)12(18(5-2)17-11)9-16-8-6-7-10(3)14/h10,16H,4-9H2,1-3H3. The lowest BCUT2D eigenvalue weighted by molar-refractivity contribution is 0.562. The van der Waals surface area contributed by atoms with E-state index in [-0.39, 0.29) is 5.38 Å². The molecular formula is C13H23Cl2N3. The van der Waals surface area contributed by atoms with Gasteiger partial charge in [-0.15, -0.1) is 11.6 Å².